The molecule has 27 heavy (non-hydrogen) atoms. The Balaban J connectivity index is 1.86. The number of carbonyl (C=O) groups excluding carboxylic acids is 1. The first-order valence-corrected chi connectivity index (χ1v) is 9.29. The van der Waals surface area contributed by atoms with Crippen molar-refractivity contribution in [2.24, 2.45) is 0 Å². The van der Waals surface area contributed by atoms with E-state index in [1.54, 1.807) is 24.3 Å². The van der Waals surface area contributed by atoms with Gasteiger partial charge in [-0.15, -0.1) is 0 Å². The Kier molecular flexibility index (Phi) is 6.41. The van der Waals surface area contributed by atoms with Crippen LogP contribution in [0.25, 0.3) is 11.0 Å². The van der Waals surface area contributed by atoms with Crippen molar-refractivity contribution in [3.63, 3.8) is 0 Å². The quantitative estimate of drug-likeness (QED) is 0.598. The van der Waals surface area contributed by atoms with Crippen LogP contribution in [0.1, 0.15) is 5.56 Å². The number of benzene rings is 2. The van der Waals surface area contributed by atoms with Gasteiger partial charge >= 0.3 is 0 Å². The van der Waals surface area contributed by atoms with Gasteiger partial charge in [0.25, 0.3) is 5.76 Å². The minimum Gasteiger partial charge on any atom is -0.395 e. The van der Waals surface area contributed by atoms with Crippen molar-refractivity contribution < 1.29 is 18.7 Å². The van der Waals surface area contributed by atoms with Crippen molar-refractivity contribution in [2.75, 3.05) is 13.2 Å². The van der Waals surface area contributed by atoms with Crippen molar-refractivity contribution in [3.05, 3.63) is 60.2 Å². The number of hydrogen-bond donors (Lipinski definition) is 1. The fraction of sp³-hybridized carbons (Fsp3) is 0.263. The molecule has 8 heteroatoms. The fourth-order valence-corrected chi connectivity index (χ4v) is 3.43. The van der Waals surface area contributed by atoms with Gasteiger partial charge in [0.2, 0.25) is 5.91 Å². The number of halogens is 2. The van der Waals surface area contributed by atoms with E-state index in [9.17, 15) is 18.7 Å². The molecular formula is C19H19F2N3O2S. The smallest absolute Gasteiger partial charge is 0.291 e. The molecule has 0 saturated carbocycles. The number of para-hydroxylation sites is 2. The number of aliphatic hydroxyl groups is 1. The number of imidazole rings is 1. The summed E-state index contributed by atoms with van der Waals surface area (Å²) in [5.74, 6) is -2.90. The number of fused-ring (bicyclic) bond motifs is 1. The second-order valence-electron chi connectivity index (χ2n) is 5.87. The summed E-state index contributed by atoms with van der Waals surface area (Å²) in [6.07, 6.45) is 0. The Morgan fingerprint density at radius 2 is 1.85 bits per heavy atom. The van der Waals surface area contributed by atoms with Gasteiger partial charge in [-0.25, -0.2) is 4.98 Å². The molecule has 0 aliphatic rings. The maximum absolute atomic E-state index is 12.9. The zero-order valence-electron chi connectivity index (χ0n) is 14.5. The van der Waals surface area contributed by atoms with E-state index in [0.29, 0.717) is 29.3 Å². The first-order valence-electron chi connectivity index (χ1n) is 8.41. The lowest BCUT2D eigenvalue weighted by Gasteiger charge is -2.22. The molecule has 0 radical (unpaired) electrons. The molecule has 0 bridgehead atoms. The molecule has 0 fully saturated rings. The minimum atomic E-state index is -2.63. The monoisotopic (exact) mass is 391 g/mol. The lowest BCUT2D eigenvalue weighted by Crippen LogP contribution is -2.35. The Morgan fingerprint density at radius 3 is 2.56 bits per heavy atom. The highest BCUT2D eigenvalue weighted by Gasteiger charge is 2.20. The number of hydrogen-bond acceptors (Lipinski definition) is 4. The number of rotatable bonds is 8. The molecule has 1 N–H and O–H groups in total. The maximum atomic E-state index is 12.9. The Morgan fingerprint density at radius 1 is 1.15 bits per heavy atom. The molecular weight excluding hydrogens is 372 g/mol. The van der Waals surface area contributed by atoms with Crippen molar-refractivity contribution in [2.45, 2.75) is 24.0 Å². The van der Waals surface area contributed by atoms with E-state index in [1.807, 2.05) is 30.3 Å². The van der Waals surface area contributed by atoms with E-state index < -0.39 is 5.76 Å². The number of alkyl halides is 2. The molecule has 3 aromatic rings. The molecule has 0 aliphatic carbocycles. The fourth-order valence-electron chi connectivity index (χ4n) is 2.83. The normalized spacial score (nSPS) is 11.3. The van der Waals surface area contributed by atoms with Gasteiger partial charge in [-0.05, 0) is 29.5 Å². The average molecular weight is 391 g/mol. The zero-order valence-corrected chi connectivity index (χ0v) is 15.3. The number of carbonyl (C=O) groups is 1. The van der Waals surface area contributed by atoms with E-state index in [1.165, 1.54) is 9.47 Å². The minimum absolute atomic E-state index is 0.100. The van der Waals surface area contributed by atoms with Crippen LogP contribution in [0.3, 0.4) is 0 Å². The van der Waals surface area contributed by atoms with Crippen LogP contribution >= 0.6 is 11.8 Å². The topological polar surface area (TPSA) is 58.4 Å². The molecule has 3 rings (SSSR count). The van der Waals surface area contributed by atoms with Crippen LogP contribution in [0, 0.1) is 0 Å². The molecule has 0 aliphatic heterocycles. The molecule has 142 valence electrons. The Hall–Kier alpha value is -2.45. The number of aliphatic hydroxyl groups excluding tert-OH is 1. The molecule has 0 unspecified atom stereocenters. The van der Waals surface area contributed by atoms with Gasteiger partial charge in [0.05, 0.1) is 17.6 Å². The van der Waals surface area contributed by atoms with Crippen molar-refractivity contribution in [1.82, 2.24) is 14.5 Å². The molecule has 0 atom stereocenters. The van der Waals surface area contributed by atoms with Crippen LogP contribution in [-0.2, 0) is 17.9 Å². The van der Waals surface area contributed by atoms with E-state index in [2.05, 4.69) is 4.98 Å². The van der Waals surface area contributed by atoms with Crippen LogP contribution in [-0.4, -0.2) is 44.4 Å². The third kappa shape index (κ3) is 4.84. The van der Waals surface area contributed by atoms with Crippen LogP contribution < -0.4 is 0 Å². The van der Waals surface area contributed by atoms with Crippen molar-refractivity contribution in [1.29, 1.82) is 0 Å². The first-order chi connectivity index (χ1) is 13.1. The maximum Gasteiger partial charge on any atom is 0.291 e. The summed E-state index contributed by atoms with van der Waals surface area (Å²) in [7, 11) is 0. The molecule has 1 heterocycles. The third-order valence-electron chi connectivity index (χ3n) is 4.05. The highest BCUT2D eigenvalue weighted by Crippen LogP contribution is 2.28. The second kappa shape index (κ2) is 8.96. The molecule has 2 aromatic carbocycles. The molecule has 0 saturated heterocycles. The molecule has 0 spiro atoms. The number of nitrogens with zero attached hydrogens (tertiary/aromatic N) is 3. The van der Waals surface area contributed by atoms with Gasteiger partial charge in [0.15, 0.2) is 5.16 Å². The van der Waals surface area contributed by atoms with Crippen LogP contribution in [0.4, 0.5) is 8.78 Å². The SMILES string of the molecule is O=C(Cn1c(SC(F)F)nc2ccccc21)N(CCO)Cc1ccccc1. The predicted octanol–water partition coefficient (Wildman–Crippen LogP) is 3.37. The number of thioether (sulfide) groups is 1. The standard InChI is InChI=1S/C19H19F2N3O2S/c20-18(21)27-19-22-15-8-4-5-9-16(15)24(19)13-17(26)23(10-11-25)12-14-6-2-1-3-7-14/h1-9,18,25H,10-13H2. The van der Waals surface area contributed by atoms with Gasteiger partial charge in [-0.3, -0.25) is 4.79 Å². The lowest BCUT2D eigenvalue weighted by molar-refractivity contribution is -0.133. The summed E-state index contributed by atoms with van der Waals surface area (Å²) >= 11 is 0.320. The second-order valence-corrected chi connectivity index (χ2v) is 6.83. The first kappa shape index (κ1) is 19.3. The largest absolute Gasteiger partial charge is 0.395 e. The van der Waals surface area contributed by atoms with E-state index in [-0.39, 0.29) is 30.8 Å². The number of aromatic nitrogens is 2. The summed E-state index contributed by atoms with van der Waals surface area (Å²) in [6.45, 7) is 0.201. The third-order valence-corrected chi connectivity index (χ3v) is 4.75. The summed E-state index contributed by atoms with van der Waals surface area (Å²) in [5.41, 5.74) is 2.11. The van der Waals surface area contributed by atoms with Gasteiger partial charge in [-0.2, -0.15) is 8.78 Å². The Labute approximate surface area is 159 Å². The zero-order chi connectivity index (χ0) is 19.2. The van der Waals surface area contributed by atoms with Crippen LogP contribution in [0.15, 0.2) is 59.8 Å². The summed E-state index contributed by atoms with van der Waals surface area (Å²) in [5, 5.41) is 9.42. The van der Waals surface area contributed by atoms with E-state index in [0.717, 1.165) is 5.56 Å². The highest BCUT2D eigenvalue weighted by molar-refractivity contribution is 7.99. The Bertz CT molecular complexity index is 902. The summed E-state index contributed by atoms with van der Waals surface area (Å²) in [6, 6.07) is 16.4. The van der Waals surface area contributed by atoms with Gasteiger partial charge in [-0.1, -0.05) is 42.5 Å². The molecule has 1 aromatic heterocycles. The number of amides is 1. The van der Waals surface area contributed by atoms with Crippen molar-refractivity contribution in [3.8, 4) is 0 Å². The summed E-state index contributed by atoms with van der Waals surface area (Å²) in [4.78, 5) is 18.6. The van der Waals surface area contributed by atoms with Crippen molar-refractivity contribution >= 4 is 28.7 Å². The van der Waals surface area contributed by atoms with Crippen LogP contribution in [0.5, 0.6) is 0 Å². The van der Waals surface area contributed by atoms with Gasteiger partial charge in [0.1, 0.15) is 6.54 Å². The average Bonchev–Trinajstić information content (AvgIpc) is 2.99. The van der Waals surface area contributed by atoms with Gasteiger partial charge < -0.3 is 14.6 Å². The van der Waals surface area contributed by atoms with E-state index in [4.69, 9.17) is 0 Å². The predicted molar refractivity (Wildman–Crippen MR) is 101 cm³/mol. The van der Waals surface area contributed by atoms with E-state index >= 15 is 0 Å². The van der Waals surface area contributed by atoms with Gasteiger partial charge in [0, 0.05) is 13.1 Å². The van der Waals surface area contributed by atoms with Crippen LogP contribution in [0.2, 0.25) is 0 Å². The molecule has 5 nitrogen and oxygen atoms in total. The lowest BCUT2D eigenvalue weighted by atomic mass is 10.2. The molecule has 1 amide bonds. The summed E-state index contributed by atoms with van der Waals surface area (Å²) < 4.78 is 27.3. The highest BCUT2D eigenvalue weighted by atomic mass is 32.2.